The molecule has 2 aromatic rings. The maximum atomic E-state index is 14.5. The number of carbonyl (C=O) groups is 2. The monoisotopic (exact) mass is 580 g/mol. The fourth-order valence-electron chi connectivity index (χ4n) is 6.83. The van der Waals surface area contributed by atoms with Crippen molar-refractivity contribution in [1.82, 2.24) is 19.8 Å². The first-order valence-electron chi connectivity index (χ1n) is 14.9. The highest BCUT2D eigenvalue weighted by molar-refractivity contribution is 6.30. The van der Waals surface area contributed by atoms with E-state index in [1.54, 1.807) is 11.2 Å². The number of hydrogen-bond donors (Lipinski definition) is 1. The molecule has 3 aliphatic heterocycles. The summed E-state index contributed by atoms with van der Waals surface area (Å²) in [6.07, 6.45) is 4.36. The molecule has 9 nitrogen and oxygen atoms in total. The van der Waals surface area contributed by atoms with Crippen LogP contribution in [0.15, 0.2) is 30.6 Å². The molecule has 1 aliphatic carbocycles. The number of ether oxygens (including phenoxy) is 1. The highest BCUT2D eigenvalue weighted by Gasteiger charge is 2.49. The van der Waals surface area contributed by atoms with Crippen LogP contribution in [0.3, 0.4) is 0 Å². The van der Waals surface area contributed by atoms with Gasteiger partial charge < -0.3 is 24.8 Å². The third-order valence-corrected chi connectivity index (χ3v) is 9.18. The molecule has 6 rings (SSSR count). The van der Waals surface area contributed by atoms with Gasteiger partial charge in [-0.15, -0.1) is 0 Å². The average Bonchev–Trinajstić information content (AvgIpc) is 3.66. The maximum absolute atomic E-state index is 14.5. The summed E-state index contributed by atoms with van der Waals surface area (Å²) in [6.45, 7) is 12.2. The molecule has 4 aliphatic rings. The smallest absolute Gasteiger partial charge is 0.410 e. The van der Waals surface area contributed by atoms with E-state index < -0.39 is 17.6 Å². The van der Waals surface area contributed by atoms with Gasteiger partial charge in [-0.25, -0.2) is 14.8 Å². The van der Waals surface area contributed by atoms with Crippen LogP contribution in [-0.2, 0) is 9.53 Å². The minimum Gasteiger partial charge on any atom is -0.444 e. The molecule has 1 N–H and O–H groups in total. The molecule has 0 radical (unpaired) electrons. The van der Waals surface area contributed by atoms with Crippen LogP contribution < -0.4 is 10.2 Å². The van der Waals surface area contributed by atoms with Crippen LogP contribution in [0.1, 0.15) is 76.8 Å². The van der Waals surface area contributed by atoms with Crippen molar-refractivity contribution in [2.75, 3.05) is 36.4 Å². The molecule has 2 amide bonds. The summed E-state index contributed by atoms with van der Waals surface area (Å²) in [7, 11) is 0. The molecule has 2 bridgehead atoms. The van der Waals surface area contributed by atoms with Crippen molar-refractivity contribution in [3.05, 3.63) is 46.7 Å². The van der Waals surface area contributed by atoms with Crippen LogP contribution in [-0.4, -0.2) is 81.7 Å². The lowest BCUT2D eigenvalue weighted by Crippen LogP contribution is -2.58. The maximum Gasteiger partial charge on any atom is 0.410 e. The lowest BCUT2D eigenvalue weighted by Gasteiger charge is -2.44. The van der Waals surface area contributed by atoms with Gasteiger partial charge in [-0.1, -0.05) is 23.7 Å². The molecule has 1 saturated carbocycles. The zero-order chi connectivity index (χ0) is 29.1. The predicted molar refractivity (Wildman–Crippen MR) is 160 cm³/mol. The minimum absolute atomic E-state index is 0.0577. The number of anilines is 2. The summed E-state index contributed by atoms with van der Waals surface area (Å²) >= 11 is 6.22. The molecule has 220 valence electrons. The van der Waals surface area contributed by atoms with E-state index in [1.807, 2.05) is 58.9 Å². The third kappa shape index (κ3) is 5.57. The van der Waals surface area contributed by atoms with Gasteiger partial charge in [0, 0.05) is 54.9 Å². The van der Waals surface area contributed by atoms with Gasteiger partial charge >= 0.3 is 6.09 Å². The third-order valence-electron chi connectivity index (χ3n) is 8.93. The molecule has 0 spiro atoms. The number of halogens is 1. The Morgan fingerprint density at radius 3 is 2.44 bits per heavy atom. The van der Waals surface area contributed by atoms with Gasteiger partial charge in [0.15, 0.2) is 0 Å². The molecular formula is C31H41ClN6O3. The zero-order valence-electron chi connectivity index (χ0n) is 24.6. The van der Waals surface area contributed by atoms with Crippen molar-refractivity contribution in [2.24, 2.45) is 5.92 Å². The van der Waals surface area contributed by atoms with Gasteiger partial charge in [0.05, 0.1) is 5.92 Å². The summed E-state index contributed by atoms with van der Waals surface area (Å²) in [5, 5.41) is 4.10. The Hall–Kier alpha value is -3.07. The van der Waals surface area contributed by atoms with Crippen molar-refractivity contribution in [3.8, 4) is 0 Å². The summed E-state index contributed by atoms with van der Waals surface area (Å²) < 4.78 is 5.73. The number of rotatable bonds is 6. The van der Waals surface area contributed by atoms with E-state index in [9.17, 15) is 9.59 Å². The van der Waals surface area contributed by atoms with Crippen molar-refractivity contribution < 1.29 is 14.3 Å². The normalized spacial score (nSPS) is 25.2. The first-order valence-corrected chi connectivity index (χ1v) is 15.3. The number of piperazine rings is 1. The Morgan fingerprint density at radius 2 is 1.80 bits per heavy atom. The van der Waals surface area contributed by atoms with Crippen molar-refractivity contribution in [2.45, 2.75) is 89.4 Å². The van der Waals surface area contributed by atoms with Crippen LogP contribution in [0.5, 0.6) is 0 Å². The fraction of sp³-hybridized carbons (Fsp3) is 0.613. The summed E-state index contributed by atoms with van der Waals surface area (Å²) in [6, 6.07) is 7.48. The van der Waals surface area contributed by atoms with Crippen LogP contribution in [0.4, 0.5) is 16.4 Å². The van der Waals surface area contributed by atoms with Gasteiger partial charge in [0.1, 0.15) is 23.6 Å². The molecule has 4 unspecified atom stereocenters. The first-order chi connectivity index (χ1) is 19.5. The van der Waals surface area contributed by atoms with E-state index in [0.29, 0.717) is 16.9 Å². The van der Waals surface area contributed by atoms with E-state index in [4.69, 9.17) is 21.3 Å². The van der Waals surface area contributed by atoms with Crippen LogP contribution >= 0.6 is 11.6 Å². The number of nitrogens with one attached hydrogen (secondary N) is 1. The highest BCUT2D eigenvalue weighted by atomic mass is 35.5. The average molecular weight is 581 g/mol. The fourth-order valence-corrected chi connectivity index (χ4v) is 6.95. The molecule has 10 heteroatoms. The van der Waals surface area contributed by atoms with Gasteiger partial charge in [-0.05, 0) is 83.4 Å². The topological polar surface area (TPSA) is 90.9 Å². The van der Waals surface area contributed by atoms with Crippen molar-refractivity contribution in [1.29, 1.82) is 0 Å². The lowest BCUT2D eigenvalue weighted by molar-refractivity contribution is -0.136. The molecule has 1 aromatic carbocycles. The van der Waals surface area contributed by atoms with E-state index >= 15 is 0 Å². The van der Waals surface area contributed by atoms with Gasteiger partial charge in [-0.2, -0.15) is 0 Å². The highest BCUT2D eigenvalue weighted by Crippen LogP contribution is 2.55. The van der Waals surface area contributed by atoms with Gasteiger partial charge in [-0.3, -0.25) is 4.79 Å². The number of hydrogen-bond acceptors (Lipinski definition) is 7. The SMILES string of the molecule is CC(C)N(C[C@@H](C(=O)N1C2CCC1CN(c1ncnc3c1C1CC1CN3)C2)c1ccc(Cl)cc1)C(=O)OC(C)(C)C. The Labute approximate surface area is 247 Å². The molecule has 41 heavy (non-hydrogen) atoms. The molecule has 3 fully saturated rings. The number of amides is 2. The molecule has 4 heterocycles. The Morgan fingerprint density at radius 1 is 1.12 bits per heavy atom. The quantitative estimate of drug-likeness (QED) is 0.498. The molecule has 5 atom stereocenters. The van der Waals surface area contributed by atoms with Gasteiger partial charge in [0.2, 0.25) is 5.91 Å². The van der Waals surface area contributed by atoms with Crippen molar-refractivity contribution in [3.63, 3.8) is 0 Å². The van der Waals surface area contributed by atoms with Gasteiger partial charge in [0.25, 0.3) is 0 Å². The number of carbonyl (C=O) groups excluding carboxylic acids is 2. The molecule has 2 saturated heterocycles. The molecular weight excluding hydrogens is 540 g/mol. The minimum atomic E-state index is -0.629. The second-order valence-corrected chi connectivity index (χ2v) is 13.7. The largest absolute Gasteiger partial charge is 0.444 e. The summed E-state index contributed by atoms with van der Waals surface area (Å²) in [5.74, 6) is 2.76. The number of aromatic nitrogens is 2. The van der Waals surface area contributed by atoms with E-state index in [0.717, 1.165) is 49.7 Å². The second-order valence-electron chi connectivity index (χ2n) is 13.3. The number of benzene rings is 1. The van der Waals surface area contributed by atoms with E-state index in [-0.39, 0.29) is 30.6 Å². The zero-order valence-corrected chi connectivity index (χ0v) is 25.4. The van der Waals surface area contributed by atoms with Crippen LogP contribution in [0.2, 0.25) is 5.02 Å². The lowest BCUT2D eigenvalue weighted by atomic mass is 9.95. The molecule has 1 aromatic heterocycles. The summed E-state index contributed by atoms with van der Waals surface area (Å²) in [4.78, 5) is 43.2. The van der Waals surface area contributed by atoms with Crippen LogP contribution in [0, 0.1) is 5.92 Å². The number of fused-ring (bicyclic) bond motifs is 5. The van der Waals surface area contributed by atoms with E-state index in [1.165, 1.54) is 12.0 Å². The predicted octanol–water partition coefficient (Wildman–Crippen LogP) is 5.27. The van der Waals surface area contributed by atoms with Crippen LogP contribution in [0.25, 0.3) is 0 Å². The number of nitrogens with zero attached hydrogens (tertiary/aromatic N) is 5. The Balaban J connectivity index is 1.26. The Kier molecular flexibility index (Phi) is 7.29. The van der Waals surface area contributed by atoms with Crippen molar-refractivity contribution >= 4 is 35.2 Å². The first kappa shape index (κ1) is 28.1. The van der Waals surface area contributed by atoms with E-state index in [2.05, 4.69) is 20.1 Å². The second kappa shape index (κ2) is 10.6. The standard InChI is InChI=1S/C31H41ClN6O3/c1-18(2)37(30(40)41-31(3,4)5)16-25(19-6-8-21(32)9-7-19)29(39)38-22-10-11-23(38)15-36(14-22)28-26-24-12-20(24)13-33-27(26)34-17-35-28/h6-9,17-18,20,22-25H,10-16H2,1-5H3,(H,33,34,35)/t20?,22?,23?,24?,25-/m1/s1. The summed E-state index contributed by atoms with van der Waals surface area (Å²) in [5.41, 5.74) is 1.48. The Bertz CT molecular complexity index is 1300.